The number of aromatic nitrogens is 2. The largest absolute Gasteiger partial charge is 0.433 e. The van der Waals surface area contributed by atoms with E-state index in [1.165, 1.54) is 12.3 Å². The molecule has 0 fully saturated rings. The minimum Gasteiger partial charge on any atom is -0.361 e. The summed E-state index contributed by atoms with van der Waals surface area (Å²) in [5, 5.41) is 0. The van der Waals surface area contributed by atoms with Gasteiger partial charge in [0.15, 0.2) is 0 Å². The maximum Gasteiger partial charge on any atom is 0.433 e. The van der Waals surface area contributed by atoms with Crippen molar-refractivity contribution in [2.24, 2.45) is 0 Å². The lowest BCUT2D eigenvalue weighted by Gasteiger charge is -2.05. The van der Waals surface area contributed by atoms with Crippen molar-refractivity contribution in [2.75, 3.05) is 0 Å². The Balaban J connectivity index is 2.33. The standard InChI is InChI=1S/C10H7F3N2/c11-10(12,13)9-4-3-7(6-15-9)8-2-1-5-14-8/h1-6,14H. The minimum absolute atomic E-state index is 0.632. The summed E-state index contributed by atoms with van der Waals surface area (Å²) in [5.74, 6) is 0. The van der Waals surface area contributed by atoms with Crippen LogP contribution in [0.2, 0.25) is 0 Å². The van der Waals surface area contributed by atoms with Crippen LogP contribution in [0.4, 0.5) is 13.2 Å². The van der Waals surface area contributed by atoms with Gasteiger partial charge in [0.2, 0.25) is 0 Å². The third kappa shape index (κ3) is 2.01. The third-order valence-electron chi connectivity index (χ3n) is 1.96. The number of H-pyrrole nitrogens is 1. The van der Waals surface area contributed by atoms with Crippen LogP contribution in [0.15, 0.2) is 36.7 Å². The molecule has 0 unspecified atom stereocenters. The van der Waals surface area contributed by atoms with Crippen LogP contribution >= 0.6 is 0 Å². The van der Waals surface area contributed by atoms with E-state index in [-0.39, 0.29) is 0 Å². The predicted molar refractivity (Wildman–Crippen MR) is 49.0 cm³/mol. The molecule has 78 valence electrons. The molecule has 2 aromatic heterocycles. The maximum atomic E-state index is 12.2. The summed E-state index contributed by atoms with van der Waals surface area (Å²) in [5.41, 5.74) is 0.502. The second-order valence-electron chi connectivity index (χ2n) is 3.01. The Morgan fingerprint density at radius 2 is 1.93 bits per heavy atom. The highest BCUT2D eigenvalue weighted by Crippen LogP contribution is 2.28. The average molecular weight is 212 g/mol. The highest BCUT2D eigenvalue weighted by atomic mass is 19.4. The number of aromatic amines is 1. The monoisotopic (exact) mass is 212 g/mol. The summed E-state index contributed by atoms with van der Waals surface area (Å²) in [6.45, 7) is 0. The van der Waals surface area contributed by atoms with Gasteiger partial charge in [0.05, 0.1) is 0 Å². The molecule has 15 heavy (non-hydrogen) atoms. The van der Waals surface area contributed by atoms with Crippen LogP contribution < -0.4 is 0 Å². The molecule has 0 radical (unpaired) electrons. The molecule has 2 nitrogen and oxygen atoms in total. The van der Waals surface area contributed by atoms with Gasteiger partial charge < -0.3 is 4.98 Å². The van der Waals surface area contributed by atoms with E-state index >= 15 is 0 Å². The van der Waals surface area contributed by atoms with E-state index in [2.05, 4.69) is 9.97 Å². The van der Waals surface area contributed by atoms with Crippen LogP contribution in [-0.2, 0) is 6.18 Å². The van der Waals surface area contributed by atoms with Crippen LogP contribution in [-0.4, -0.2) is 9.97 Å². The van der Waals surface area contributed by atoms with Crippen molar-refractivity contribution in [3.8, 4) is 11.3 Å². The van der Waals surface area contributed by atoms with Gasteiger partial charge in [-0.05, 0) is 24.3 Å². The number of pyridine rings is 1. The highest BCUT2D eigenvalue weighted by molar-refractivity contribution is 5.57. The molecule has 1 N–H and O–H groups in total. The first kappa shape index (κ1) is 9.76. The molecule has 0 aliphatic rings. The Hall–Kier alpha value is -1.78. The molecule has 0 aliphatic heterocycles. The first-order valence-corrected chi connectivity index (χ1v) is 4.24. The lowest BCUT2D eigenvalue weighted by molar-refractivity contribution is -0.141. The zero-order valence-corrected chi connectivity index (χ0v) is 7.55. The van der Waals surface area contributed by atoms with E-state index in [0.717, 1.165) is 11.8 Å². The molecule has 0 aliphatic carbocycles. The van der Waals surface area contributed by atoms with Crippen molar-refractivity contribution in [1.82, 2.24) is 9.97 Å². The van der Waals surface area contributed by atoms with E-state index in [1.54, 1.807) is 18.3 Å². The second-order valence-corrected chi connectivity index (χ2v) is 3.01. The van der Waals surface area contributed by atoms with Gasteiger partial charge in [0.25, 0.3) is 0 Å². The van der Waals surface area contributed by atoms with Crippen LogP contribution in [0.3, 0.4) is 0 Å². The first-order chi connectivity index (χ1) is 7.07. The fraction of sp³-hybridized carbons (Fsp3) is 0.100. The van der Waals surface area contributed by atoms with Gasteiger partial charge in [0, 0.05) is 23.7 Å². The van der Waals surface area contributed by atoms with Crippen LogP contribution in [0.1, 0.15) is 5.69 Å². The lowest BCUT2D eigenvalue weighted by atomic mass is 10.2. The number of hydrogen-bond donors (Lipinski definition) is 1. The van der Waals surface area contributed by atoms with Crippen molar-refractivity contribution in [3.05, 3.63) is 42.4 Å². The molecule has 0 saturated carbocycles. The SMILES string of the molecule is FC(F)(F)c1ccc(-c2ccc[nH]2)cn1. The Bertz CT molecular complexity index is 429. The fourth-order valence-corrected chi connectivity index (χ4v) is 1.23. The zero-order chi connectivity index (χ0) is 10.9. The molecule has 2 aromatic rings. The number of nitrogens with one attached hydrogen (secondary N) is 1. The van der Waals surface area contributed by atoms with Crippen molar-refractivity contribution in [3.63, 3.8) is 0 Å². The van der Waals surface area contributed by atoms with Crippen LogP contribution in [0, 0.1) is 0 Å². The zero-order valence-electron chi connectivity index (χ0n) is 7.55. The Labute approximate surface area is 83.8 Å². The molecule has 2 rings (SSSR count). The quantitative estimate of drug-likeness (QED) is 0.773. The van der Waals surface area contributed by atoms with Crippen molar-refractivity contribution < 1.29 is 13.2 Å². The number of hydrogen-bond acceptors (Lipinski definition) is 1. The highest BCUT2D eigenvalue weighted by Gasteiger charge is 2.31. The molecular weight excluding hydrogens is 205 g/mol. The number of halogens is 3. The summed E-state index contributed by atoms with van der Waals surface area (Å²) < 4.78 is 36.6. The molecule has 0 amide bonds. The van der Waals surface area contributed by atoms with Crippen LogP contribution in [0.5, 0.6) is 0 Å². The van der Waals surface area contributed by atoms with Crippen molar-refractivity contribution in [2.45, 2.75) is 6.18 Å². The topological polar surface area (TPSA) is 28.7 Å². The summed E-state index contributed by atoms with van der Waals surface area (Å²) in [6, 6.07) is 5.90. The van der Waals surface area contributed by atoms with Gasteiger partial charge in [-0.2, -0.15) is 13.2 Å². The van der Waals surface area contributed by atoms with Gasteiger partial charge in [-0.1, -0.05) is 0 Å². The first-order valence-electron chi connectivity index (χ1n) is 4.24. The van der Waals surface area contributed by atoms with Gasteiger partial charge >= 0.3 is 6.18 Å². The maximum absolute atomic E-state index is 12.2. The Morgan fingerprint density at radius 3 is 2.40 bits per heavy atom. The van der Waals surface area contributed by atoms with Crippen molar-refractivity contribution >= 4 is 0 Å². The molecule has 0 atom stereocenters. The van der Waals surface area contributed by atoms with Gasteiger partial charge in [-0.15, -0.1) is 0 Å². The smallest absolute Gasteiger partial charge is 0.361 e. The minimum atomic E-state index is -4.38. The number of nitrogens with zero attached hydrogens (tertiary/aromatic N) is 1. The molecule has 0 spiro atoms. The summed E-state index contributed by atoms with van der Waals surface area (Å²) in [6.07, 6.45) is -1.48. The van der Waals surface area contributed by atoms with E-state index in [4.69, 9.17) is 0 Å². The summed E-state index contributed by atoms with van der Waals surface area (Å²) in [4.78, 5) is 6.25. The number of rotatable bonds is 1. The Kier molecular flexibility index (Phi) is 2.22. The van der Waals surface area contributed by atoms with Gasteiger partial charge in [-0.25, -0.2) is 0 Å². The van der Waals surface area contributed by atoms with Gasteiger partial charge in [0.1, 0.15) is 5.69 Å². The Morgan fingerprint density at radius 1 is 1.13 bits per heavy atom. The molecule has 0 saturated heterocycles. The molecule has 2 heterocycles. The average Bonchev–Trinajstić information content (AvgIpc) is 2.69. The molecule has 5 heteroatoms. The van der Waals surface area contributed by atoms with E-state index in [0.29, 0.717) is 5.56 Å². The molecule has 0 bridgehead atoms. The molecule has 0 aromatic carbocycles. The molecular formula is C10H7F3N2. The van der Waals surface area contributed by atoms with E-state index < -0.39 is 11.9 Å². The summed E-state index contributed by atoms with van der Waals surface area (Å²) >= 11 is 0. The lowest BCUT2D eigenvalue weighted by Crippen LogP contribution is -2.07. The van der Waals surface area contributed by atoms with Gasteiger partial charge in [-0.3, -0.25) is 4.98 Å². The predicted octanol–water partition coefficient (Wildman–Crippen LogP) is 3.10. The van der Waals surface area contributed by atoms with Crippen LogP contribution in [0.25, 0.3) is 11.3 Å². The second kappa shape index (κ2) is 3.42. The number of alkyl halides is 3. The van der Waals surface area contributed by atoms with Crippen molar-refractivity contribution in [1.29, 1.82) is 0 Å². The normalized spacial score (nSPS) is 11.7. The summed E-state index contributed by atoms with van der Waals surface area (Å²) in [7, 11) is 0. The fourth-order valence-electron chi connectivity index (χ4n) is 1.23. The third-order valence-corrected chi connectivity index (χ3v) is 1.96. The van der Waals surface area contributed by atoms with E-state index in [9.17, 15) is 13.2 Å². The van der Waals surface area contributed by atoms with E-state index in [1.807, 2.05) is 0 Å².